The summed E-state index contributed by atoms with van der Waals surface area (Å²) in [5.74, 6) is -0.162. The van der Waals surface area contributed by atoms with E-state index < -0.39 is 5.82 Å². The molecule has 1 amide bonds. The summed E-state index contributed by atoms with van der Waals surface area (Å²) in [6.07, 6.45) is 3.54. The predicted molar refractivity (Wildman–Crippen MR) is 145 cm³/mol. The summed E-state index contributed by atoms with van der Waals surface area (Å²) in [6.45, 7) is 1.85. The third-order valence-corrected chi connectivity index (χ3v) is 6.87. The van der Waals surface area contributed by atoms with Gasteiger partial charge in [-0.05, 0) is 42.0 Å². The van der Waals surface area contributed by atoms with Crippen molar-refractivity contribution in [3.8, 4) is 22.6 Å². The maximum atomic E-state index is 13.8. The van der Waals surface area contributed by atoms with Crippen LogP contribution in [-0.2, 0) is 4.79 Å². The summed E-state index contributed by atoms with van der Waals surface area (Å²) < 4.78 is 34.8. The number of anilines is 1. The molecular formula is C30H25F2N5O2. The Morgan fingerprint density at radius 2 is 1.56 bits per heavy atom. The van der Waals surface area contributed by atoms with Crippen LogP contribution >= 0.6 is 0 Å². The third kappa shape index (κ3) is 4.90. The van der Waals surface area contributed by atoms with E-state index in [2.05, 4.69) is 14.9 Å². The zero-order chi connectivity index (χ0) is 26.8. The molecule has 7 nitrogen and oxygen atoms in total. The van der Waals surface area contributed by atoms with Crippen LogP contribution in [0.4, 0.5) is 14.6 Å². The molecule has 0 bridgehead atoms. The van der Waals surface area contributed by atoms with E-state index in [-0.39, 0.29) is 24.1 Å². The minimum atomic E-state index is -0.496. The third-order valence-electron chi connectivity index (χ3n) is 6.87. The second-order valence-corrected chi connectivity index (χ2v) is 9.24. The fourth-order valence-corrected chi connectivity index (χ4v) is 4.88. The molecule has 1 aliphatic rings. The molecular weight excluding hydrogens is 500 g/mol. The maximum absolute atomic E-state index is 13.8. The monoisotopic (exact) mass is 525 g/mol. The number of hydrogen-bond acceptors (Lipinski definition) is 5. The molecule has 0 spiro atoms. The molecule has 2 aromatic heterocycles. The van der Waals surface area contributed by atoms with Gasteiger partial charge in [-0.2, -0.15) is 0 Å². The number of benzene rings is 3. The van der Waals surface area contributed by atoms with Crippen LogP contribution < -0.4 is 9.64 Å². The predicted octanol–water partition coefficient (Wildman–Crippen LogP) is 5.09. The molecule has 1 saturated heterocycles. The maximum Gasteiger partial charge on any atom is 0.260 e. The second kappa shape index (κ2) is 10.5. The standard InChI is InChI=1S/C30H25F2N5O2/c31-22-10-12-23(13-11-22)37-18-24(21-6-2-1-3-7-21)28-29(33-20-34-30(28)37)36-16-14-35(15-17-36)27(38)19-39-26-9-5-4-8-25(26)32/h1-13,18,20H,14-17,19H2. The van der Waals surface area contributed by atoms with Gasteiger partial charge in [0.1, 0.15) is 18.0 Å². The van der Waals surface area contributed by atoms with Crippen LogP contribution in [-0.4, -0.2) is 58.1 Å². The minimum absolute atomic E-state index is 0.0620. The van der Waals surface area contributed by atoms with Gasteiger partial charge in [0.05, 0.1) is 5.39 Å². The van der Waals surface area contributed by atoms with Gasteiger partial charge >= 0.3 is 0 Å². The quantitative estimate of drug-likeness (QED) is 0.309. The average molecular weight is 526 g/mol. The van der Waals surface area contributed by atoms with Crippen LogP contribution in [0.15, 0.2) is 91.4 Å². The Kier molecular flexibility index (Phi) is 6.62. The summed E-state index contributed by atoms with van der Waals surface area (Å²) in [7, 11) is 0. The highest BCUT2D eigenvalue weighted by Gasteiger charge is 2.26. The largest absolute Gasteiger partial charge is 0.481 e. The van der Waals surface area contributed by atoms with Crippen molar-refractivity contribution in [3.63, 3.8) is 0 Å². The number of fused-ring (bicyclic) bond motifs is 1. The van der Waals surface area contributed by atoms with Gasteiger partial charge < -0.3 is 19.1 Å². The Balaban J connectivity index is 1.27. The summed E-state index contributed by atoms with van der Waals surface area (Å²) in [5, 5.41) is 0.885. The van der Waals surface area contributed by atoms with Gasteiger partial charge in [-0.25, -0.2) is 18.7 Å². The Morgan fingerprint density at radius 3 is 2.31 bits per heavy atom. The molecule has 39 heavy (non-hydrogen) atoms. The van der Waals surface area contributed by atoms with Crippen LogP contribution in [0.1, 0.15) is 0 Å². The highest BCUT2D eigenvalue weighted by Crippen LogP contribution is 2.37. The molecule has 0 aliphatic carbocycles. The van der Waals surface area contributed by atoms with E-state index >= 15 is 0 Å². The number of carbonyl (C=O) groups excluding carboxylic acids is 1. The number of ether oxygens (including phenoxy) is 1. The molecule has 0 saturated carbocycles. The van der Waals surface area contributed by atoms with Crippen LogP contribution in [0.3, 0.4) is 0 Å². The van der Waals surface area contributed by atoms with Crippen molar-refractivity contribution in [3.05, 3.63) is 103 Å². The number of rotatable bonds is 6. The lowest BCUT2D eigenvalue weighted by Gasteiger charge is -2.35. The molecule has 0 atom stereocenters. The van der Waals surface area contributed by atoms with Crippen molar-refractivity contribution in [1.29, 1.82) is 0 Å². The molecule has 6 rings (SSSR count). The van der Waals surface area contributed by atoms with Crippen LogP contribution in [0.5, 0.6) is 5.75 Å². The number of amides is 1. The number of halogens is 2. The first-order valence-corrected chi connectivity index (χ1v) is 12.7. The van der Waals surface area contributed by atoms with Crippen molar-refractivity contribution in [2.24, 2.45) is 0 Å². The SMILES string of the molecule is O=C(COc1ccccc1F)N1CCN(c2ncnc3c2c(-c2ccccc2)cn3-c2ccc(F)cc2)CC1. The molecule has 0 radical (unpaired) electrons. The normalized spacial score (nSPS) is 13.6. The first kappa shape index (κ1) is 24.5. The lowest BCUT2D eigenvalue weighted by Crippen LogP contribution is -2.50. The number of hydrogen-bond donors (Lipinski definition) is 0. The van der Waals surface area contributed by atoms with Crippen molar-refractivity contribution in [2.75, 3.05) is 37.7 Å². The first-order valence-electron chi connectivity index (χ1n) is 12.7. The highest BCUT2D eigenvalue weighted by atomic mass is 19.1. The van der Waals surface area contributed by atoms with E-state index in [0.29, 0.717) is 31.8 Å². The Morgan fingerprint density at radius 1 is 0.846 bits per heavy atom. The first-order chi connectivity index (χ1) is 19.1. The second-order valence-electron chi connectivity index (χ2n) is 9.24. The van der Waals surface area contributed by atoms with Crippen LogP contribution in [0.2, 0.25) is 0 Å². The molecule has 5 aromatic rings. The number of aromatic nitrogens is 3. The van der Waals surface area contributed by atoms with Crippen molar-refractivity contribution in [2.45, 2.75) is 0 Å². The van der Waals surface area contributed by atoms with Gasteiger partial charge in [-0.1, -0.05) is 42.5 Å². The molecule has 0 unspecified atom stereocenters. The Hall–Kier alpha value is -4.79. The van der Waals surface area contributed by atoms with Crippen LogP contribution in [0, 0.1) is 11.6 Å². The van der Waals surface area contributed by atoms with Crippen molar-refractivity contribution < 1.29 is 18.3 Å². The van der Waals surface area contributed by atoms with E-state index in [0.717, 1.165) is 28.0 Å². The van der Waals surface area contributed by atoms with E-state index in [9.17, 15) is 13.6 Å². The summed E-state index contributed by atoms with van der Waals surface area (Å²) in [5.41, 5.74) is 3.47. The Labute approximate surface area is 223 Å². The van der Waals surface area contributed by atoms with Gasteiger partial charge in [0, 0.05) is 43.6 Å². The van der Waals surface area contributed by atoms with E-state index in [4.69, 9.17) is 4.74 Å². The number of para-hydroxylation sites is 1. The molecule has 0 N–H and O–H groups in total. The fourth-order valence-electron chi connectivity index (χ4n) is 4.88. The summed E-state index contributed by atoms with van der Waals surface area (Å²) in [6, 6.07) is 22.3. The molecule has 1 fully saturated rings. The van der Waals surface area contributed by atoms with Gasteiger partial charge in [-0.3, -0.25) is 4.79 Å². The molecule has 3 aromatic carbocycles. The zero-order valence-electron chi connectivity index (χ0n) is 21.0. The minimum Gasteiger partial charge on any atom is -0.481 e. The Bertz CT molecular complexity index is 1610. The van der Waals surface area contributed by atoms with E-state index in [1.807, 2.05) is 41.1 Å². The molecule has 3 heterocycles. The van der Waals surface area contributed by atoms with Gasteiger partial charge in [0.25, 0.3) is 5.91 Å². The highest BCUT2D eigenvalue weighted by molar-refractivity contribution is 6.02. The summed E-state index contributed by atoms with van der Waals surface area (Å²) in [4.78, 5) is 25.9. The number of nitrogens with zero attached hydrogens (tertiary/aromatic N) is 5. The van der Waals surface area contributed by atoms with Gasteiger partial charge in [0.2, 0.25) is 0 Å². The molecule has 196 valence electrons. The van der Waals surface area contributed by atoms with Crippen molar-refractivity contribution in [1.82, 2.24) is 19.4 Å². The zero-order valence-corrected chi connectivity index (χ0v) is 21.0. The molecule has 9 heteroatoms. The number of piperazine rings is 1. The lowest BCUT2D eigenvalue weighted by molar-refractivity contribution is -0.133. The smallest absolute Gasteiger partial charge is 0.260 e. The van der Waals surface area contributed by atoms with E-state index in [1.54, 1.807) is 29.2 Å². The van der Waals surface area contributed by atoms with Crippen molar-refractivity contribution >= 4 is 22.8 Å². The van der Waals surface area contributed by atoms with Crippen LogP contribution in [0.25, 0.3) is 27.8 Å². The fraction of sp³-hybridized carbons (Fsp3) is 0.167. The average Bonchev–Trinajstić information content (AvgIpc) is 3.37. The molecule has 1 aliphatic heterocycles. The summed E-state index contributed by atoms with van der Waals surface area (Å²) >= 11 is 0. The topological polar surface area (TPSA) is 63.5 Å². The van der Waals surface area contributed by atoms with E-state index in [1.165, 1.54) is 30.6 Å². The lowest BCUT2D eigenvalue weighted by atomic mass is 10.1. The number of carbonyl (C=O) groups is 1. The van der Waals surface area contributed by atoms with Gasteiger partial charge in [-0.15, -0.1) is 0 Å². The van der Waals surface area contributed by atoms with Gasteiger partial charge in [0.15, 0.2) is 23.8 Å².